The molecule has 0 amide bonds. The van der Waals surface area contributed by atoms with Crippen LogP contribution in [0.2, 0.25) is 0 Å². The van der Waals surface area contributed by atoms with Gasteiger partial charge in [-0.05, 0) is 36.8 Å². The number of benzene rings is 2. The summed E-state index contributed by atoms with van der Waals surface area (Å²) in [5.74, 6) is 1.03. The Kier molecular flexibility index (Phi) is 2.68. The third-order valence-electron chi connectivity index (χ3n) is 2.22. The first kappa shape index (κ1) is 10.4. The summed E-state index contributed by atoms with van der Waals surface area (Å²) in [6.45, 7) is 1.90. The number of para-hydroxylation sites is 1. The van der Waals surface area contributed by atoms with Crippen LogP contribution in [-0.4, -0.2) is 5.11 Å². The first-order valence-corrected chi connectivity index (χ1v) is 4.99. The summed E-state index contributed by atoms with van der Waals surface area (Å²) in [4.78, 5) is 0. The molecule has 2 aromatic carbocycles. The first-order valence-electron chi connectivity index (χ1n) is 4.99. The summed E-state index contributed by atoms with van der Waals surface area (Å²) in [6.07, 6.45) is 0. The maximum absolute atomic E-state index is 9.73. The number of nitrogen functional groups attached to an aromatic ring is 1. The number of phenols is 1. The number of nitrogens with two attached hydrogens (primary N) is 1. The predicted octanol–water partition coefficient (Wildman–Crippen LogP) is 3.08. The smallest absolute Gasteiger partial charge is 0.181 e. The molecule has 0 spiro atoms. The number of rotatable bonds is 2. The summed E-state index contributed by atoms with van der Waals surface area (Å²) < 4.78 is 5.54. The van der Waals surface area contributed by atoms with Crippen molar-refractivity contribution in [3.05, 3.63) is 48.0 Å². The van der Waals surface area contributed by atoms with E-state index in [1.54, 1.807) is 12.1 Å². The van der Waals surface area contributed by atoms with Crippen molar-refractivity contribution in [1.29, 1.82) is 0 Å². The average Bonchev–Trinajstić information content (AvgIpc) is 2.27. The molecule has 0 aromatic heterocycles. The van der Waals surface area contributed by atoms with E-state index in [0.29, 0.717) is 17.2 Å². The molecule has 2 rings (SSSR count). The minimum atomic E-state index is -0.0190. The molecule has 0 bridgehead atoms. The Balaban J connectivity index is 2.35. The molecular weight excluding hydrogens is 202 g/mol. The Bertz CT molecular complexity index is 495. The third kappa shape index (κ3) is 2.08. The van der Waals surface area contributed by atoms with Gasteiger partial charge in [0.05, 0.1) is 5.69 Å². The summed E-state index contributed by atoms with van der Waals surface area (Å²) in [6, 6.07) is 12.7. The second kappa shape index (κ2) is 4.14. The highest BCUT2D eigenvalue weighted by Crippen LogP contribution is 2.36. The Labute approximate surface area is 94.1 Å². The predicted molar refractivity (Wildman–Crippen MR) is 63.8 cm³/mol. The zero-order valence-electron chi connectivity index (χ0n) is 8.97. The second-order valence-corrected chi connectivity index (χ2v) is 3.62. The van der Waals surface area contributed by atoms with Crippen LogP contribution in [0.4, 0.5) is 5.69 Å². The molecule has 0 aliphatic rings. The number of hydrogen-bond donors (Lipinski definition) is 2. The van der Waals surface area contributed by atoms with Gasteiger partial charge in [-0.2, -0.15) is 0 Å². The molecule has 0 aliphatic heterocycles. The number of aromatic hydroxyl groups is 1. The molecule has 0 aliphatic carbocycles. The van der Waals surface area contributed by atoms with Crippen LogP contribution >= 0.6 is 0 Å². The van der Waals surface area contributed by atoms with E-state index >= 15 is 0 Å². The molecule has 0 atom stereocenters. The molecule has 3 nitrogen and oxygen atoms in total. The van der Waals surface area contributed by atoms with Gasteiger partial charge in [-0.25, -0.2) is 0 Å². The maximum Gasteiger partial charge on any atom is 0.181 e. The van der Waals surface area contributed by atoms with Crippen molar-refractivity contribution in [2.45, 2.75) is 6.92 Å². The highest BCUT2D eigenvalue weighted by molar-refractivity contribution is 5.61. The van der Waals surface area contributed by atoms with Gasteiger partial charge < -0.3 is 15.6 Å². The molecule has 0 saturated heterocycles. The standard InChI is InChI=1S/C13H13NO2/c1-9-7-11(14)13(15)12(8-9)16-10-5-3-2-4-6-10/h2-8,15H,14H2,1H3. The lowest BCUT2D eigenvalue weighted by Gasteiger charge is -2.10. The fourth-order valence-electron chi connectivity index (χ4n) is 1.47. The zero-order chi connectivity index (χ0) is 11.5. The summed E-state index contributed by atoms with van der Waals surface area (Å²) in [5.41, 5.74) is 6.92. The van der Waals surface area contributed by atoms with Crippen molar-refractivity contribution in [2.24, 2.45) is 0 Å². The molecule has 3 N–H and O–H groups in total. The van der Waals surface area contributed by atoms with E-state index in [-0.39, 0.29) is 5.75 Å². The van der Waals surface area contributed by atoms with Gasteiger partial charge in [0, 0.05) is 0 Å². The molecule has 0 radical (unpaired) electrons. The number of aryl methyl sites for hydroxylation is 1. The second-order valence-electron chi connectivity index (χ2n) is 3.62. The maximum atomic E-state index is 9.73. The van der Waals surface area contributed by atoms with Crippen LogP contribution in [0.15, 0.2) is 42.5 Å². The van der Waals surface area contributed by atoms with Gasteiger partial charge in [0.25, 0.3) is 0 Å². The van der Waals surface area contributed by atoms with E-state index in [9.17, 15) is 5.11 Å². The molecular formula is C13H13NO2. The van der Waals surface area contributed by atoms with Crippen molar-refractivity contribution in [3.63, 3.8) is 0 Å². The average molecular weight is 215 g/mol. The number of phenolic OH excluding ortho intramolecular Hbond substituents is 1. The fraction of sp³-hybridized carbons (Fsp3) is 0.0769. The first-order chi connectivity index (χ1) is 7.66. The number of anilines is 1. The Morgan fingerprint density at radius 3 is 2.50 bits per heavy atom. The van der Waals surface area contributed by atoms with Crippen LogP contribution in [0.25, 0.3) is 0 Å². The van der Waals surface area contributed by atoms with E-state index in [4.69, 9.17) is 10.5 Å². The number of ether oxygens (including phenoxy) is 1. The molecule has 82 valence electrons. The van der Waals surface area contributed by atoms with E-state index in [0.717, 1.165) is 5.56 Å². The lowest BCUT2D eigenvalue weighted by Crippen LogP contribution is -1.91. The van der Waals surface area contributed by atoms with Crippen LogP contribution in [0.5, 0.6) is 17.2 Å². The Morgan fingerprint density at radius 1 is 1.12 bits per heavy atom. The van der Waals surface area contributed by atoms with Gasteiger partial charge in [-0.1, -0.05) is 18.2 Å². The lowest BCUT2D eigenvalue weighted by atomic mass is 10.2. The van der Waals surface area contributed by atoms with Crippen LogP contribution in [-0.2, 0) is 0 Å². The van der Waals surface area contributed by atoms with Gasteiger partial charge >= 0.3 is 0 Å². The van der Waals surface area contributed by atoms with E-state index in [1.165, 1.54) is 0 Å². The van der Waals surface area contributed by atoms with Crippen molar-refractivity contribution in [2.75, 3.05) is 5.73 Å². The fourth-order valence-corrected chi connectivity index (χ4v) is 1.47. The van der Waals surface area contributed by atoms with Gasteiger partial charge in [-0.15, -0.1) is 0 Å². The monoisotopic (exact) mass is 215 g/mol. The highest BCUT2D eigenvalue weighted by atomic mass is 16.5. The summed E-state index contributed by atoms with van der Waals surface area (Å²) in [7, 11) is 0. The van der Waals surface area contributed by atoms with Gasteiger partial charge in [0.1, 0.15) is 5.75 Å². The summed E-state index contributed by atoms with van der Waals surface area (Å²) in [5, 5.41) is 9.73. The van der Waals surface area contributed by atoms with Crippen LogP contribution < -0.4 is 10.5 Å². The molecule has 0 saturated carbocycles. The minimum Gasteiger partial charge on any atom is -0.503 e. The molecule has 3 heteroatoms. The SMILES string of the molecule is Cc1cc(N)c(O)c(Oc2ccccc2)c1. The largest absolute Gasteiger partial charge is 0.503 e. The van der Waals surface area contributed by atoms with Gasteiger partial charge in [0.15, 0.2) is 11.5 Å². The van der Waals surface area contributed by atoms with Crippen molar-refractivity contribution < 1.29 is 9.84 Å². The lowest BCUT2D eigenvalue weighted by molar-refractivity contribution is 0.413. The van der Waals surface area contributed by atoms with Crippen LogP contribution in [0, 0.1) is 6.92 Å². The molecule has 0 fully saturated rings. The Morgan fingerprint density at radius 2 is 1.81 bits per heavy atom. The third-order valence-corrected chi connectivity index (χ3v) is 2.22. The normalized spacial score (nSPS) is 10.1. The van der Waals surface area contributed by atoms with Crippen molar-refractivity contribution >= 4 is 5.69 Å². The molecule has 0 heterocycles. The molecule has 2 aromatic rings. The van der Waals surface area contributed by atoms with E-state index in [1.807, 2.05) is 37.3 Å². The number of hydrogen-bond acceptors (Lipinski definition) is 3. The van der Waals surface area contributed by atoms with Crippen LogP contribution in [0.1, 0.15) is 5.56 Å². The van der Waals surface area contributed by atoms with Gasteiger partial charge in [0.2, 0.25) is 0 Å². The summed E-state index contributed by atoms with van der Waals surface area (Å²) >= 11 is 0. The van der Waals surface area contributed by atoms with Gasteiger partial charge in [-0.3, -0.25) is 0 Å². The topological polar surface area (TPSA) is 55.5 Å². The van der Waals surface area contributed by atoms with Crippen molar-refractivity contribution in [3.8, 4) is 17.2 Å². The highest BCUT2D eigenvalue weighted by Gasteiger charge is 2.08. The van der Waals surface area contributed by atoms with E-state index in [2.05, 4.69) is 0 Å². The van der Waals surface area contributed by atoms with Crippen LogP contribution in [0.3, 0.4) is 0 Å². The van der Waals surface area contributed by atoms with E-state index < -0.39 is 0 Å². The molecule has 0 unspecified atom stereocenters. The Hall–Kier alpha value is -2.16. The molecule has 16 heavy (non-hydrogen) atoms. The minimum absolute atomic E-state index is 0.0190. The van der Waals surface area contributed by atoms with Crippen molar-refractivity contribution in [1.82, 2.24) is 0 Å². The zero-order valence-corrected chi connectivity index (χ0v) is 8.97. The quantitative estimate of drug-likeness (QED) is 0.598.